The smallest absolute Gasteiger partial charge is 0.368 e. The highest BCUT2D eigenvalue weighted by Crippen LogP contribution is 2.20. The van der Waals surface area contributed by atoms with Crippen molar-refractivity contribution in [3.63, 3.8) is 0 Å². The molecule has 0 aromatic heterocycles. The van der Waals surface area contributed by atoms with Gasteiger partial charge >= 0.3 is 18.4 Å². The van der Waals surface area contributed by atoms with Crippen LogP contribution in [0.1, 0.15) is 20.3 Å². The average molecular weight is 271 g/mol. The number of hydrogen-bond acceptors (Lipinski definition) is 4. The van der Waals surface area contributed by atoms with Crippen LogP contribution in [0.25, 0.3) is 0 Å². The first kappa shape index (κ1) is 14.9. The summed E-state index contributed by atoms with van der Waals surface area (Å²) >= 11 is 0. The number of alkyl halides is 1. The predicted octanol–water partition coefficient (Wildman–Crippen LogP) is 0.940. The Kier molecular flexibility index (Phi) is 4.83. The molecule has 19 heavy (non-hydrogen) atoms. The van der Waals surface area contributed by atoms with Crippen molar-refractivity contribution in [2.24, 2.45) is 0 Å². The minimum absolute atomic E-state index is 0.389. The van der Waals surface area contributed by atoms with E-state index in [4.69, 9.17) is 10.4 Å². The molecule has 0 bridgehead atoms. The van der Waals surface area contributed by atoms with Gasteiger partial charge in [0.05, 0.1) is 12.1 Å². The van der Waals surface area contributed by atoms with E-state index in [2.05, 4.69) is 10.2 Å². The third-order valence-electron chi connectivity index (χ3n) is 2.64. The molecule has 0 saturated heterocycles. The Hall–Kier alpha value is -2.14. The molecule has 2 N–H and O–H groups in total. The van der Waals surface area contributed by atoms with Crippen LogP contribution < -0.4 is 5.32 Å². The molecule has 0 spiro atoms. The highest BCUT2D eigenvalue weighted by Gasteiger charge is 2.34. The second kappa shape index (κ2) is 6.15. The number of amides is 2. The summed E-state index contributed by atoms with van der Waals surface area (Å²) in [7, 11) is 0. The van der Waals surface area contributed by atoms with E-state index in [9.17, 15) is 14.0 Å². The molecule has 0 fully saturated rings. The lowest BCUT2D eigenvalue weighted by molar-refractivity contribution is -0.226. The van der Waals surface area contributed by atoms with Crippen LogP contribution in [-0.2, 0) is 9.63 Å². The van der Waals surface area contributed by atoms with Gasteiger partial charge in [-0.25, -0.2) is 18.8 Å². The largest absolute Gasteiger partial charge is 0.477 e. The van der Waals surface area contributed by atoms with Crippen molar-refractivity contribution in [3.8, 4) is 6.07 Å². The van der Waals surface area contributed by atoms with Gasteiger partial charge in [0.2, 0.25) is 0 Å². The number of carbonyl (C=O) groups is 2. The van der Waals surface area contributed by atoms with Crippen LogP contribution in [-0.4, -0.2) is 40.6 Å². The fraction of sp³-hybridized carbons (Fsp3) is 0.545. The molecular formula is C11H14FN3O4. The molecule has 0 aliphatic carbocycles. The van der Waals surface area contributed by atoms with Gasteiger partial charge in [-0.2, -0.15) is 10.3 Å². The number of carbonyl (C=O) groups excluding carboxylic acids is 1. The highest BCUT2D eigenvalue weighted by molar-refractivity contribution is 5.76. The summed E-state index contributed by atoms with van der Waals surface area (Å²) in [6, 6.07) is -0.498. The van der Waals surface area contributed by atoms with E-state index >= 15 is 0 Å². The number of aliphatic carboxylic acids is 1. The Morgan fingerprint density at radius 1 is 1.79 bits per heavy atom. The molecule has 1 heterocycles. The van der Waals surface area contributed by atoms with Gasteiger partial charge in [0.15, 0.2) is 0 Å². The number of hydroxylamine groups is 2. The molecule has 3 atom stereocenters. The van der Waals surface area contributed by atoms with Gasteiger partial charge in [-0.3, -0.25) is 0 Å². The van der Waals surface area contributed by atoms with E-state index in [-0.39, 0.29) is 0 Å². The minimum atomic E-state index is -2.65. The van der Waals surface area contributed by atoms with E-state index in [1.807, 2.05) is 6.07 Å². The van der Waals surface area contributed by atoms with Crippen LogP contribution in [0.2, 0.25) is 0 Å². The number of rotatable bonds is 4. The van der Waals surface area contributed by atoms with Crippen molar-refractivity contribution in [1.82, 2.24) is 10.4 Å². The number of carboxylic acid groups (broad SMARTS) is 1. The number of hydrogen-bond donors (Lipinski definition) is 2. The number of urea groups is 1. The average Bonchev–Trinajstić information content (AvgIpc) is 2.47. The van der Waals surface area contributed by atoms with Crippen LogP contribution in [0.4, 0.5) is 9.18 Å². The lowest BCUT2D eigenvalue weighted by atomic mass is 10.0. The summed E-state index contributed by atoms with van der Waals surface area (Å²) in [4.78, 5) is 26.8. The van der Waals surface area contributed by atoms with Gasteiger partial charge < -0.3 is 10.4 Å². The first-order chi connectivity index (χ1) is 8.90. The quantitative estimate of drug-likeness (QED) is 0.741. The van der Waals surface area contributed by atoms with Crippen LogP contribution in [0.5, 0.6) is 0 Å². The van der Waals surface area contributed by atoms with Crippen LogP contribution in [0.3, 0.4) is 0 Å². The lowest BCUT2D eigenvalue weighted by Gasteiger charge is -2.28. The standard InChI is InChI=1S/C11H14FN3O4/c1-3-8-6(2)4-7(5-13)14-11(18)15(8)19-9(12)10(16)17/h4,7-9H,3H2,1-2H3,(H,14,18)(H,16,17)/t7-,8-,9-/m0/s1. The maximum Gasteiger partial charge on any atom is 0.368 e. The third kappa shape index (κ3) is 3.42. The zero-order valence-corrected chi connectivity index (χ0v) is 10.5. The topological polar surface area (TPSA) is 103 Å². The van der Waals surface area contributed by atoms with Gasteiger partial charge in [-0.15, -0.1) is 0 Å². The summed E-state index contributed by atoms with van der Waals surface area (Å²) in [5.74, 6) is -1.83. The molecule has 7 nitrogen and oxygen atoms in total. The number of nitrogens with one attached hydrogen (secondary N) is 1. The summed E-state index contributed by atoms with van der Waals surface area (Å²) in [6.07, 6.45) is -0.741. The van der Waals surface area contributed by atoms with Crippen molar-refractivity contribution in [2.45, 2.75) is 38.7 Å². The zero-order chi connectivity index (χ0) is 14.6. The Morgan fingerprint density at radius 3 is 2.89 bits per heavy atom. The summed E-state index contributed by atoms with van der Waals surface area (Å²) in [6.45, 7) is 3.38. The molecule has 1 aliphatic heterocycles. The SMILES string of the molecule is CC[C@H]1C(C)=C[C@@H](C#N)NC(=O)N1O[C@H](F)C(=O)O. The molecule has 0 aromatic carbocycles. The van der Waals surface area contributed by atoms with Gasteiger partial charge in [0, 0.05) is 0 Å². The third-order valence-corrected chi connectivity index (χ3v) is 2.64. The van der Waals surface area contributed by atoms with Gasteiger partial charge in [0.1, 0.15) is 6.04 Å². The van der Waals surface area contributed by atoms with Crippen molar-refractivity contribution in [1.29, 1.82) is 5.26 Å². The summed E-state index contributed by atoms with van der Waals surface area (Å²) in [5.41, 5.74) is 0.616. The van der Waals surface area contributed by atoms with Crippen LogP contribution >= 0.6 is 0 Å². The van der Waals surface area contributed by atoms with E-state index < -0.39 is 30.4 Å². The molecular weight excluding hydrogens is 257 g/mol. The second-order valence-electron chi connectivity index (χ2n) is 3.98. The molecule has 8 heteroatoms. The van der Waals surface area contributed by atoms with Gasteiger partial charge in [0.25, 0.3) is 0 Å². The minimum Gasteiger partial charge on any atom is -0.477 e. The number of carboxylic acids is 1. The first-order valence-corrected chi connectivity index (χ1v) is 5.62. The number of halogens is 1. The first-order valence-electron chi connectivity index (χ1n) is 5.62. The van der Waals surface area contributed by atoms with E-state index in [0.717, 1.165) is 0 Å². The van der Waals surface area contributed by atoms with E-state index in [1.54, 1.807) is 13.8 Å². The van der Waals surface area contributed by atoms with E-state index in [0.29, 0.717) is 17.1 Å². The molecule has 1 aliphatic rings. The summed E-state index contributed by atoms with van der Waals surface area (Å²) in [5, 5.41) is 20.2. The Balaban J connectivity index is 3.00. The molecule has 0 unspecified atom stereocenters. The number of nitrogens with zero attached hydrogens (tertiary/aromatic N) is 2. The van der Waals surface area contributed by atoms with Crippen molar-refractivity contribution >= 4 is 12.0 Å². The summed E-state index contributed by atoms with van der Waals surface area (Å²) < 4.78 is 13.1. The fourth-order valence-corrected chi connectivity index (χ4v) is 1.76. The molecule has 1 rings (SSSR count). The van der Waals surface area contributed by atoms with Gasteiger partial charge in [-0.05, 0) is 25.0 Å². The Labute approximate surface area is 109 Å². The van der Waals surface area contributed by atoms with E-state index in [1.165, 1.54) is 6.08 Å². The Morgan fingerprint density at radius 2 is 2.42 bits per heavy atom. The molecule has 0 saturated carbocycles. The fourth-order valence-electron chi connectivity index (χ4n) is 1.76. The molecule has 104 valence electrons. The second-order valence-corrected chi connectivity index (χ2v) is 3.98. The maximum absolute atomic E-state index is 13.1. The monoisotopic (exact) mass is 271 g/mol. The van der Waals surface area contributed by atoms with Crippen LogP contribution in [0, 0.1) is 11.3 Å². The van der Waals surface area contributed by atoms with Crippen molar-refractivity contribution < 1.29 is 23.9 Å². The van der Waals surface area contributed by atoms with Crippen molar-refractivity contribution in [2.75, 3.05) is 0 Å². The highest BCUT2D eigenvalue weighted by atomic mass is 19.1. The Bertz CT molecular complexity index is 446. The predicted molar refractivity (Wildman–Crippen MR) is 61.2 cm³/mol. The molecule has 2 amide bonds. The normalized spacial score (nSPS) is 24.8. The maximum atomic E-state index is 13.1. The van der Waals surface area contributed by atoms with Crippen molar-refractivity contribution in [3.05, 3.63) is 11.6 Å². The molecule has 0 radical (unpaired) electrons. The number of nitriles is 1. The van der Waals surface area contributed by atoms with Crippen LogP contribution in [0.15, 0.2) is 11.6 Å². The molecule has 0 aromatic rings. The lowest BCUT2D eigenvalue weighted by Crippen LogP contribution is -2.48. The van der Waals surface area contributed by atoms with Gasteiger partial charge in [-0.1, -0.05) is 6.92 Å². The zero-order valence-electron chi connectivity index (χ0n) is 10.5.